The first-order chi connectivity index (χ1) is 21.0. The molecule has 1 amide bonds. The minimum Gasteiger partial charge on any atom is -0.507 e. The Balaban J connectivity index is 1.29. The zero-order chi connectivity index (χ0) is 29.8. The van der Waals surface area contributed by atoms with E-state index in [0.29, 0.717) is 33.6 Å². The van der Waals surface area contributed by atoms with Gasteiger partial charge in [-0.05, 0) is 65.6 Å². The predicted molar refractivity (Wildman–Crippen MR) is 167 cm³/mol. The summed E-state index contributed by atoms with van der Waals surface area (Å²) in [7, 11) is 0. The van der Waals surface area contributed by atoms with Gasteiger partial charge in [-0.25, -0.2) is 0 Å². The SMILES string of the molecule is Cc1ccccc1COc1ccc(/C(O)=C2\C(=O)C(=O)N(c3nnc(SCc4ccccc4)s3)C2c2ccncc2)cc1. The summed E-state index contributed by atoms with van der Waals surface area (Å²) in [6, 6.07) is 27.3. The number of anilines is 1. The van der Waals surface area contributed by atoms with Gasteiger partial charge in [-0.2, -0.15) is 0 Å². The number of thioether (sulfide) groups is 1. The summed E-state index contributed by atoms with van der Waals surface area (Å²) in [5.74, 6) is -0.561. The van der Waals surface area contributed by atoms with Crippen molar-refractivity contribution in [1.82, 2.24) is 15.2 Å². The standard InChI is InChI=1S/C33H26N4O4S2/c1-21-7-5-6-10-25(21)19-41-26-13-11-24(12-14-26)29(38)27-28(23-15-17-34-18-16-23)37(31(40)30(27)39)32-35-36-33(43-32)42-20-22-8-3-2-4-9-22/h2-18,28,38H,19-20H2,1H3/b29-27+. The van der Waals surface area contributed by atoms with Crippen molar-refractivity contribution in [3.8, 4) is 5.75 Å². The lowest BCUT2D eigenvalue weighted by Gasteiger charge is -2.22. The number of ether oxygens (including phenoxy) is 1. The van der Waals surface area contributed by atoms with Crippen LogP contribution in [0, 0.1) is 6.92 Å². The van der Waals surface area contributed by atoms with E-state index in [-0.39, 0.29) is 16.5 Å². The van der Waals surface area contributed by atoms with Crippen molar-refractivity contribution in [1.29, 1.82) is 0 Å². The highest BCUT2D eigenvalue weighted by atomic mass is 32.2. The van der Waals surface area contributed by atoms with Gasteiger partial charge in [0, 0.05) is 23.7 Å². The highest BCUT2D eigenvalue weighted by Crippen LogP contribution is 2.44. The Morgan fingerprint density at radius 2 is 1.65 bits per heavy atom. The molecule has 1 unspecified atom stereocenters. The maximum absolute atomic E-state index is 13.5. The molecule has 3 aromatic carbocycles. The van der Waals surface area contributed by atoms with Crippen LogP contribution in [0.25, 0.3) is 5.76 Å². The highest BCUT2D eigenvalue weighted by Gasteiger charge is 2.48. The van der Waals surface area contributed by atoms with Gasteiger partial charge in [-0.3, -0.25) is 19.5 Å². The Morgan fingerprint density at radius 3 is 2.40 bits per heavy atom. The molecule has 6 rings (SSSR count). The summed E-state index contributed by atoms with van der Waals surface area (Å²) < 4.78 is 6.60. The van der Waals surface area contributed by atoms with E-state index < -0.39 is 17.7 Å². The lowest BCUT2D eigenvalue weighted by molar-refractivity contribution is -0.132. The van der Waals surface area contributed by atoms with Crippen LogP contribution in [0.1, 0.15) is 33.9 Å². The molecule has 1 aliphatic rings. The van der Waals surface area contributed by atoms with Crippen LogP contribution < -0.4 is 9.64 Å². The van der Waals surface area contributed by atoms with Crippen LogP contribution in [0.15, 0.2) is 113 Å². The van der Waals surface area contributed by atoms with Gasteiger partial charge in [0.1, 0.15) is 18.1 Å². The Bertz CT molecular complexity index is 1790. The van der Waals surface area contributed by atoms with Crippen molar-refractivity contribution >= 4 is 45.7 Å². The molecular formula is C33H26N4O4S2. The fourth-order valence-corrected chi connectivity index (χ4v) is 6.59. The quantitative estimate of drug-likeness (QED) is 0.0647. The average molecular weight is 607 g/mol. The van der Waals surface area contributed by atoms with Crippen LogP contribution in [0.3, 0.4) is 0 Å². The number of rotatable bonds is 9. The van der Waals surface area contributed by atoms with E-state index in [2.05, 4.69) is 15.2 Å². The van der Waals surface area contributed by atoms with Crippen molar-refractivity contribution in [3.05, 3.63) is 137 Å². The number of aromatic nitrogens is 3. The first-order valence-electron chi connectivity index (χ1n) is 13.5. The van der Waals surface area contributed by atoms with Gasteiger partial charge in [0.15, 0.2) is 4.34 Å². The summed E-state index contributed by atoms with van der Waals surface area (Å²) in [5, 5.41) is 20.3. The van der Waals surface area contributed by atoms with Crippen LogP contribution in [0.5, 0.6) is 5.75 Å². The van der Waals surface area contributed by atoms with Crippen LogP contribution in [0.2, 0.25) is 0 Å². The molecule has 0 saturated carbocycles. The van der Waals surface area contributed by atoms with Crippen molar-refractivity contribution in [3.63, 3.8) is 0 Å². The Hall–Kier alpha value is -4.80. The molecule has 5 aromatic rings. The number of nitrogens with zero attached hydrogens (tertiary/aromatic N) is 4. The van der Waals surface area contributed by atoms with E-state index >= 15 is 0 Å². The molecule has 214 valence electrons. The topological polar surface area (TPSA) is 106 Å². The van der Waals surface area contributed by atoms with Gasteiger partial charge in [0.2, 0.25) is 5.13 Å². The molecule has 1 atom stereocenters. The molecule has 43 heavy (non-hydrogen) atoms. The normalized spacial score (nSPS) is 16.0. The third kappa shape index (κ3) is 6.06. The van der Waals surface area contributed by atoms with Gasteiger partial charge in [0.25, 0.3) is 5.78 Å². The number of pyridine rings is 1. The predicted octanol–water partition coefficient (Wildman–Crippen LogP) is 6.74. The minimum atomic E-state index is -0.903. The summed E-state index contributed by atoms with van der Waals surface area (Å²) in [5.41, 5.74) is 4.31. The lowest BCUT2D eigenvalue weighted by Crippen LogP contribution is -2.29. The van der Waals surface area contributed by atoms with Crippen LogP contribution >= 0.6 is 23.1 Å². The molecule has 0 radical (unpaired) electrons. The zero-order valence-electron chi connectivity index (χ0n) is 23.1. The molecule has 3 heterocycles. The first kappa shape index (κ1) is 28.3. The molecular weight excluding hydrogens is 581 g/mol. The summed E-state index contributed by atoms with van der Waals surface area (Å²) in [6.07, 6.45) is 3.16. The van der Waals surface area contributed by atoms with Gasteiger partial charge >= 0.3 is 5.91 Å². The summed E-state index contributed by atoms with van der Waals surface area (Å²) in [6.45, 7) is 2.43. The molecule has 8 nitrogen and oxygen atoms in total. The van der Waals surface area contributed by atoms with Crippen molar-refractivity contribution < 1.29 is 19.4 Å². The second-order valence-corrected chi connectivity index (χ2v) is 12.0. The number of benzene rings is 3. The van der Waals surface area contributed by atoms with Crippen LogP contribution in [0.4, 0.5) is 5.13 Å². The molecule has 2 aromatic heterocycles. The maximum Gasteiger partial charge on any atom is 0.301 e. The Kier molecular flexibility index (Phi) is 8.30. The summed E-state index contributed by atoms with van der Waals surface area (Å²) in [4.78, 5) is 32.3. The number of hydrogen-bond acceptors (Lipinski definition) is 9. The zero-order valence-corrected chi connectivity index (χ0v) is 24.7. The van der Waals surface area contributed by atoms with E-state index in [1.54, 1.807) is 48.8 Å². The van der Waals surface area contributed by atoms with E-state index in [1.807, 2.05) is 61.5 Å². The number of hydrogen-bond donors (Lipinski definition) is 1. The number of aliphatic hydroxyl groups excluding tert-OH is 1. The molecule has 1 aliphatic heterocycles. The number of aryl methyl sites for hydroxylation is 1. The monoisotopic (exact) mass is 606 g/mol. The fourth-order valence-electron chi connectivity index (χ4n) is 4.77. The van der Waals surface area contributed by atoms with E-state index in [4.69, 9.17) is 4.74 Å². The number of carbonyl (C=O) groups excluding carboxylic acids is 2. The third-order valence-electron chi connectivity index (χ3n) is 7.06. The van der Waals surface area contributed by atoms with Crippen LogP contribution in [-0.4, -0.2) is 32.0 Å². The molecule has 0 bridgehead atoms. The van der Waals surface area contributed by atoms with E-state index in [9.17, 15) is 14.7 Å². The summed E-state index contributed by atoms with van der Waals surface area (Å²) >= 11 is 2.73. The van der Waals surface area contributed by atoms with E-state index in [1.165, 1.54) is 28.0 Å². The third-order valence-corrected chi connectivity index (χ3v) is 9.18. The van der Waals surface area contributed by atoms with Gasteiger partial charge < -0.3 is 9.84 Å². The maximum atomic E-state index is 13.5. The molecule has 1 saturated heterocycles. The Morgan fingerprint density at radius 1 is 0.930 bits per heavy atom. The molecule has 10 heteroatoms. The number of Topliss-reactive ketones (excluding diaryl/α,β-unsaturated/α-hetero) is 1. The number of ketones is 1. The molecule has 0 spiro atoms. The second-order valence-electron chi connectivity index (χ2n) is 9.81. The second kappa shape index (κ2) is 12.6. The van der Waals surface area contributed by atoms with Crippen LogP contribution in [-0.2, 0) is 21.9 Å². The van der Waals surface area contributed by atoms with Crippen molar-refractivity contribution in [2.24, 2.45) is 0 Å². The molecule has 1 fully saturated rings. The number of carbonyl (C=O) groups is 2. The van der Waals surface area contributed by atoms with Gasteiger partial charge in [-0.1, -0.05) is 77.7 Å². The van der Waals surface area contributed by atoms with Crippen molar-refractivity contribution in [2.75, 3.05) is 4.90 Å². The molecule has 0 aliphatic carbocycles. The van der Waals surface area contributed by atoms with E-state index in [0.717, 1.165) is 16.7 Å². The number of aliphatic hydroxyl groups is 1. The Labute approximate surface area is 256 Å². The van der Waals surface area contributed by atoms with Gasteiger partial charge in [-0.15, -0.1) is 10.2 Å². The average Bonchev–Trinajstić information content (AvgIpc) is 3.62. The fraction of sp³-hybridized carbons (Fsp3) is 0.121. The minimum absolute atomic E-state index is 0.0292. The number of amides is 1. The first-order valence-corrected chi connectivity index (χ1v) is 15.3. The molecule has 1 N–H and O–H groups in total. The van der Waals surface area contributed by atoms with Crippen molar-refractivity contribution in [2.45, 2.75) is 29.7 Å². The smallest absolute Gasteiger partial charge is 0.301 e. The largest absolute Gasteiger partial charge is 0.507 e. The lowest BCUT2D eigenvalue weighted by atomic mass is 9.96. The highest BCUT2D eigenvalue weighted by molar-refractivity contribution is 8.00. The van der Waals surface area contributed by atoms with Gasteiger partial charge in [0.05, 0.1) is 11.6 Å².